The molecular formula is C52H101AsO7. The third-order valence-corrected chi connectivity index (χ3v) is 14.9. The summed E-state index contributed by atoms with van der Waals surface area (Å²) in [7, 11) is 0. The molecule has 0 bridgehead atoms. The number of hydrogen-bond donors (Lipinski definition) is 0. The van der Waals surface area contributed by atoms with Gasteiger partial charge in [-0.25, -0.2) is 0 Å². The predicted octanol–water partition coefficient (Wildman–Crippen LogP) is 16.7. The Kier molecular flexibility index (Phi) is 44.8. The van der Waals surface area contributed by atoms with E-state index in [0.717, 1.165) is 69.4 Å². The molecule has 0 aliphatic rings. The second-order valence-electron chi connectivity index (χ2n) is 18.8. The zero-order valence-electron chi connectivity index (χ0n) is 40.5. The van der Waals surface area contributed by atoms with Gasteiger partial charge in [0, 0.05) is 19.3 Å². The molecule has 0 saturated heterocycles. The number of carbonyl (C=O) groups is 3. The standard InChI is InChI=1S/C52H101AsO7/c1-5-7-9-11-13-15-17-19-23-27-31-35-39-43-50(54)58-47-49(48-59-51(55)44-40-36-32-28-24-20-18-16-14-12-10-8-6-2)60-52(56)45-41-37-33-29-25-21-22-26-30-34-38-42-46-53(3,4)57/h49H,5-48H2,1-4H3. The summed E-state index contributed by atoms with van der Waals surface area (Å²) in [5.41, 5.74) is 3.90. The summed E-state index contributed by atoms with van der Waals surface area (Å²) in [4.78, 5) is 38.0. The molecule has 0 aliphatic carbocycles. The summed E-state index contributed by atoms with van der Waals surface area (Å²) in [6.45, 7) is 4.38. The van der Waals surface area contributed by atoms with Gasteiger partial charge >= 0.3 is 122 Å². The summed E-state index contributed by atoms with van der Waals surface area (Å²) >= 11 is -2.44. The van der Waals surface area contributed by atoms with E-state index in [1.807, 2.05) is 11.4 Å². The van der Waals surface area contributed by atoms with Crippen molar-refractivity contribution in [1.29, 1.82) is 0 Å². The van der Waals surface area contributed by atoms with Crippen molar-refractivity contribution in [2.75, 3.05) is 13.2 Å². The number of carbonyl (C=O) groups excluding carboxylic acids is 3. The normalized spacial score (nSPS) is 11.7. The number of rotatable bonds is 48. The molecular weight excluding hydrogens is 811 g/mol. The summed E-state index contributed by atoms with van der Waals surface area (Å²) in [6.07, 6.45) is 46.9. The molecule has 356 valence electrons. The number of ether oxygens (including phenoxy) is 3. The monoisotopic (exact) mass is 913 g/mol. The van der Waals surface area contributed by atoms with E-state index in [2.05, 4.69) is 13.8 Å². The first-order valence-electron chi connectivity index (χ1n) is 26.2. The number of hydrogen-bond acceptors (Lipinski definition) is 7. The third-order valence-electron chi connectivity index (χ3n) is 12.0. The van der Waals surface area contributed by atoms with Crippen molar-refractivity contribution in [3.63, 3.8) is 0 Å². The first kappa shape index (κ1) is 58.8. The Balaban J connectivity index is 4.32. The number of unbranched alkanes of at least 4 members (excludes halogenated alkanes) is 35. The molecule has 0 heterocycles. The summed E-state index contributed by atoms with van der Waals surface area (Å²) in [5.74, 6) is -0.875. The van der Waals surface area contributed by atoms with Crippen molar-refractivity contribution >= 4 is 31.4 Å². The maximum atomic E-state index is 12.8. The Bertz CT molecular complexity index is 949. The van der Waals surface area contributed by atoms with Gasteiger partial charge in [-0.05, 0) is 19.3 Å². The third kappa shape index (κ3) is 47.8. The van der Waals surface area contributed by atoms with E-state index in [9.17, 15) is 18.1 Å². The second kappa shape index (κ2) is 45.8. The Morgan fingerprint density at radius 3 is 0.850 bits per heavy atom. The van der Waals surface area contributed by atoms with Crippen LogP contribution in [0, 0.1) is 0 Å². The molecule has 0 unspecified atom stereocenters. The van der Waals surface area contributed by atoms with Crippen LogP contribution in [0.2, 0.25) is 16.6 Å². The van der Waals surface area contributed by atoms with Crippen LogP contribution in [0.4, 0.5) is 0 Å². The average Bonchev–Trinajstić information content (AvgIpc) is 3.22. The Morgan fingerprint density at radius 2 is 0.583 bits per heavy atom. The van der Waals surface area contributed by atoms with Crippen LogP contribution in [0.1, 0.15) is 277 Å². The van der Waals surface area contributed by atoms with E-state index in [1.165, 1.54) is 180 Å². The van der Waals surface area contributed by atoms with Gasteiger partial charge in [0.1, 0.15) is 13.2 Å². The quantitative estimate of drug-likeness (QED) is 0.0260. The molecule has 0 aromatic heterocycles. The van der Waals surface area contributed by atoms with Gasteiger partial charge in [0.25, 0.3) is 0 Å². The fourth-order valence-electron chi connectivity index (χ4n) is 7.98. The summed E-state index contributed by atoms with van der Waals surface area (Å²) in [6, 6.07) is 0. The first-order valence-corrected chi connectivity index (χ1v) is 32.1. The van der Waals surface area contributed by atoms with Gasteiger partial charge in [-0.1, -0.05) is 168 Å². The number of esters is 3. The van der Waals surface area contributed by atoms with Crippen LogP contribution >= 0.6 is 0 Å². The first-order chi connectivity index (χ1) is 29.2. The average molecular weight is 913 g/mol. The van der Waals surface area contributed by atoms with Crippen molar-refractivity contribution in [3.05, 3.63) is 0 Å². The Morgan fingerprint density at radius 1 is 0.350 bits per heavy atom. The van der Waals surface area contributed by atoms with Crippen molar-refractivity contribution < 1.29 is 32.3 Å². The fraction of sp³-hybridized carbons (Fsp3) is 0.942. The molecule has 0 aliphatic heterocycles. The minimum atomic E-state index is -2.44. The van der Waals surface area contributed by atoms with E-state index < -0.39 is 19.6 Å². The van der Waals surface area contributed by atoms with E-state index in [4.69, 9.17) is 14.2 Å². The maximum absolute atomic E-state index is 12.8. The van der Waals surface area contributed by atoms with E-state index >= 15 is 0 Å². The molecule has 0 spiro atoms. The van der Waals surface area contributed by atoms with Crippen LogP contribution < -0.4 is 0 Å². The molecule has 0 saturated carbocycles. The van der Waals surface area contributed by atoms with Crippen LogP contribution in [-0.2, 0) is 32.3 Å². The van der Waals surface area contributed by atoms with Crippen LogP contribution in [0.3, 0.4) is 0 Å². The second-order valence-corrected chi connectivity index (χ2v) is 26.3. The zero-order chi connectivity index (χ0) is 44.0. The van der Waals surface area contributed by atoms with E-state index in [0.29, 0.717) is 19.3 Å². The van der Waals surface area contributed by atoms with Crippen LogP contribution in [-0.4, -0.2) is 50.7 Å². The van der Waals surface area contributed by atoms with Gasteiger partial charge in [-0.2, -0.15) is 0 Å². The molecule has 7 nitrogen and oxygen atoms in total. The fourth-order valence-corrected chi connectivity index (χ4v) is 10.0. The van der Waals surface area contributed by atoms with Gasteiger partial charge in [0.2, 0.25) is 0 Å². The molecule has 60 heavy (non-hydrogen) atoms. The Hall–Kier alpha value is -1.23. The summed E-state index contributed by atoms with van der Waals surface area (Å²) in [5, 5.41) is 0.945. The van der Waals surface area contributed by atoms with E-state index in [1.54, 1.807) is 0 Å². The molecule has 0 aromatic rings. The van der Waals surface area contributed by atoms with Crippen LogP contribution in [0.5, 0.6) is 0 Å². The molecule has 0 N–H and O–H groups in total. The van der Waals surface area contributed by atoms with Crippen molar-refractivity contribution in [2.24, 2.45) is 0 Å². The predicted molar refractivity (Wildman–Crippen MR) is 255 cm³/mol. The molecule has 0 fully saturated rings. The zero-order valence-corrected chi connectivity index (χ0v) is 42.4. The van der Waals surface area contributed by atoms with Gasteiger partial charge in [-0.3, -0.25) is 14.4 Å². The van der Waals surface area contributed by atoms with Crippen LogP contribution in [0.25, 0.3) is 0 Å². The molecule has 8 heteroatoms. The molecule has 0 rings (SSSR count). The van der Waals surface area contributed by atoms with Crippen LogP contribution in [0.15, 0.2) is 0 Å². The molecule has 0 amide bonds. The van der Waals surface area contributed by atoms with Gasteiger partial charge in [0.05, 0.1) is 0 Å². The van der Waals surface area contributed by atoms with E-state index in [-0.39, 0.29) is 31.1 Å². The SMILES string of the molecule is CCCCCCCCCCCCCCCC(=O)OCC(COC(=O)CCCCCCCCCCCCCCC)OC(=O)CCCCCCCCCCCCCC[As](C)(C)=O. The van der Waals surface area contributed by atoms with Gasteiger partial charge in [-0.15, -0.1) is 0 Å². The van der Waals surface area contributed by atoms with Crippen molar-refractivity contribution in [1.82, 2.24) is 0 Å². The molecule has 0 atom stereocenters. The minimum absolute atomic E-state index is 0.0741. The van der Waals surface area contributed by atoms with Gasteiger partial charge < -0.3 is 14.2 Å². The topological polar surface area (TPSA) is 96.0 Å². The van der Waals surface area contributed by atoms with Gasteiger partial charge in [0.15, 0.2) is 6.10 Å². The molecule has 0 radical (unpaired) electrons. The van der Waals surface area contributed by atoms with Crippen molar-refractivity contribution in [2.45, 2.75) is 300 Å². The Labute approximate surface area is 375 Å². The summed E-state index contributed by atoms with van der Waals surface area (Å²) < 4.78 is 28.7. The van der Waals surface area contributed by atoms with Crippen molar-refractivity contribution in [3.8, 4) is 0 Å². The molecule has 0 aromatic carbocycles.